The van der Waals surface area contributed by atoms with Crippen LogP contribution in [0.4, 0.5) is 5.69 Å². The monoisotopic (exact) mass is 555 g/mol. The van der Waals surface area contributed by atoms with Crippen LogP contribution in [0.5, 0.6) is 0 Å². The van der Waals surface area contributed by atoms with E-state index < -0.39 is 33.4 Å². The molecule has 3 rings (SSSR count). The van der Waals surface area contributed by atoms with Crippen molar-refractivity contribution in [2.75, 3.05) is 20.1 Å². The molecule has 0 aromatic heterocycles. The highest BCUT2D eigenvalue weighted by molar-refractivity contribution is 6.32. The predicted octanol–water partition coefficient (Wildman–Crippen LogP) is 5.70. The van der Waals surface area contributed by atoms with E-state index >= 15 is 0 Å². The van der Waals surface area contributed by atoms with Gasteiger partial charge in [0, 0.05) is 36.6 Å². The van der Waals surface area contributed by atoms with E-state index in [-0.39, 0.29) is 21.7 Å². The van der Waals surface area contributed by atoms with Crippen LogP contribution in [-0.4, -0.2) is 57.0 Å². The Balaban J connectivity index is 2.12. The first kappa shape index (κ1) is 29.9. The van der Waals surface area contributed by atoms with Crippen LogP contribution < -0.4 is 0 Å². The standard InChI is InChI=1S/C29H34ClN3O6/c1-18-23(26(34)35)29(5,21-13-10-14-22(30)25(21)33(38)39)24(27(36)37)19(2)32(18)17-28(3,4)16-31(6)15-20-11-8-7-9-12-20/h7-14H,15-17H2,1-6H3,(H,34,35)(H,36,37). The van der Waals surface area contributed by atoms with E-state index in [0.717, 1.165) is 5.56 Å². The lowest BCUT2D eigenvalue weighted by Gasteiger charge is -2.45. The third-order valence-corrected chi connectivity index (χ3v) is 7.55. The number of allylic oxidation sites excluding steroid dienone is 2. The smallest absolute Gasteiger partial charge is 0.334 e. The number of carboxylic acid groups (broad SMARTS) is 2. The Hall–Kier alpha value is -3.69. The molecule has 2 N–H and O–H groups in total. The molecule has 39 heavy (non-hydrogen) atoms. The van der Waals surface area contributed by atoms with E-state index in [1.54, 1.807) is 18.7 Å². The Morgan fingerprint density at radius 3 is 2.05 bits per heavy atom. The molecule has 0 fully saturated rings. The first-order valence-corrected chi connectivity index (χ1v) is 12.8. The second-order valence-electron chi connectivity index (χ2n) is 11.0. The number of hydrogen-bond donors (Lipinski definition) is 2. The maximum absolute atomic E-state index is 12.8. The van der Waals surface area contributed by atoms with E-state index in [2.05, 4.69) is 4.90 Å². The van der Waals surface area contributed by atoms with Gasteiger partial charge in [-0.3, -0.25) is 10.1 Å². The molecule has 1 aliphatic rings. The Morgan fingerprint density at radius 1 is 1.03 bits per heavy atom. The number of nitro groups is 1. The van der Waals surface area contributed by atoms with Crippen molar-refractivity contribution in [3.8, 4) is 0 Å². The van der Waals surface area contributed by atoms with E-state index in [4.69, 9.17) is 11.6 Å². The molecule has 0 saturated carbocycles. The molecule has 10 heteroatoms. The van der Waals surface area contributed by atoms with Crippen molar-refractivity contribution in [2.24, 2.45) is 5.41 Å². The van der Waals surface area contributed by atoms with Crippen molar-refractivity contribution in [1.82, 2.24) is 9.80 Å². The van der Waals surface area contributed by atoms with Gasteiger partial charge >= 0.3 is 11.9 Å². The lowest BCUT2D eigenvalue weighted by atomic mass is 9.66. The summed E-state index contributed by atoms with van der Waals surface area (Å²) in [5.41, 5.74) is -1.54. The van der Waals surface area contributed by atoms with Gasteiger partial charge in [0.2, 0.25) is 0 Å². The lowest BCUT2D eigenvalue weighted by molar-refractivity contribution is -0.385. The summed E-state index contributed by atoms with van der Waals surface area (Å²) < 4.78 is 0. The summed E-state index contributed by atoms with van der Waals surface area (Å²) in [7, 11) is 2.00. The van der Waals surface area contributed by atoms with Crippen molar-refractivity contribution < 1.29 is 24.7 Å². The van der Waals surface area contributed by atoms with Crippen molar-refractivity contribution in [3.05, 3.63) is 97.3 Å². The molecule has 208 valence electrons. The fourth-order valence-corrected chi connectivity index (χ4v) is 6.12. The number of halogens is 1. The van der Waals surface area contributed by atoms with Gasteiger partial charge in [-0.1, -0.05) is 67.9 Å². The van der Waals surface area contributed by atoms with Crippen molar-refractivity contribution in [3.63, 3.8) is 0 Å². The molecule has 1 aliphatic heterocycles. The highest BCUT2D eigenvalue weighted by Gasteiger charge is 2.52. The highest BCUT2D eigenvalue weighted by Crippen LogP contribution is 2.51. The highest BCUT2D eigenvalue weighted by atomic mass is 35.5. The van der Waals surface area contributed by atoms with Gasteiger partial charge < -0.3 is 20.0 Å². The van der Waals surface area contributed by atoms with Crippen LogP contribution in [0.3, 0.4) is 0 Å². The van der Waals surface area contributed by atoms with Gasteiger partial charge in [-0.05, 0) is 44.9 Å². The summed E-state index contributed by atoms with van der Waals surface area (Å²) in [4.78, 5) is 40.7. The van der Waals surface area contributed by atoms with E-state index in [9.17, 15) is 29.9 Å². The maximum atomic E-state index is 12.8. The van der Waals surface area contributed by atoms with Gasteiger partial charge in [-0.15, -0.1) is 0 Å². The first-order valence-electron chi connectivity index (χ1n) is 12.4. The van der Waals surface area contributed by atoms with Crippen LogP contribution in [0, 0.1) is 15.5 Å². The van der Waals surface area contributed by atoms with Crippen molar-refractivity contribution in [2.45, 2.75) is 46.6 Å². The quantitative estimate of drug-likeness (QED) is 0.283. The average Bonchev–Trinajstić information content (AvgIpc) is 2.81. The Bertz CT molecular complexity index is 1330. The van der Waals surface area contributed by atoms with E-state index in [1.165, 1.54) is 25.1 Å². The zero-order chi connectivity index (χ0) is 29.3. The number of aliphatic carboxylic acids is 2. The molecule has 2 aromatic carbocycles. The third-order valence-electron chi connectivity index (χ3n) is 7.25. The van der Waals surface area contributed by atoms with Crippen LogP contribution in [-0.2, 0) is 21.5 Å². The number of rotatable bonds is 10. The summed E-state index contributed by atoms with van der Waals surface area (Å²) >= 11 is 6.17. The summed E-state index contributed by atoms with van der Waals surface area (Å²) in [6, 6.07) is 14.2. The molecule has 2 aromatic rings. The minimum absolute atomic E-state index is 0.0880. The maximum Gasteiger partial charge on any atom is 0.334 e. The third kappa shape index (κ3) is 5.84. The SMILES string of the molecule is CC1=C(C(=O)O)C(C)(c2cccc(Cl)c2[N+](=O)[O-])C(C(=O)O)=C(C)N1CC(C)(C)CN(C)Cc1ccccc1. The molecule has 0 saturated heterocycles. The van der Waals surface area contributed by atoms with E-state index in [0.29, 0.717) is 31.0 Å². The molecule has 0 radical (unpaired) electrons. The molecule has 0 amide bonds. The van der Waals surface area contributed by atoms with Gasteiger partial charge in [0.05, 0.1) is 21.5 Å². The molecular formula is C29H34ClN3O6. The van der Waals surface area contributed by atoms with E-state index in [1.807, 2.05) is 51.2 Å². The van der Waals surface area contributed by atoms with Gasteiger partial charge in [-0.25, -0.2) is 9.59 Å². The molecule has 0 atom stereocenters. The van der Waals surface area contributed by atoms with Crippen molar-refractivity contribution >= 4 is 29.2 Å². The van der Waals surface area contributed by atoms with Crippen LogP contribution in [0.25, 0.3) is 0 Å². The Labute approximate surface area is 233 Å². The summed E-state index contributed by atoms with van der Waals surface area (Å²) in [6.07, 6.45) is 0. The molecule has 0 bridgehead atoms. The predicted molar refractivity (Wildman–Crippen MR) is 149 cm³/mol. The minimum Gasteiger partial charge on any atom is -0.478 e. The fourth-order valence-electron chi connectivity index (χ4n) is 5.88. The second-order valence-corrected chi connectivity index (χ2v) is 11.4. The number of benzene rings is 2. The summed E-state index contributed by atoms with van der Waals surface area (Å²) in [6.45, 7) is 10.4. The van der Waals surface area contributed by atoms with Gasteiger partial charge in [0.1, 0.15) is 5.02 Å². The number of carbonyl (C=O) groups is 2. The summed E-state index contributed by atoms with van der Waals surface area (Å²) in [5, 5.41) is 32.6. The van der Waals surface area contributed by atoms with Crippen LogP contribution >= 0.6 is 11.6 Å². The minimum atomic E-state index is -1.84. The van der Waals surface area contributed by atoms with Crippen LogP contribution in [0.1, 0.15) is 45.7 Å². The van der Waals surface area contributed by atoms with Gasteiger partial charge in [0.15, 0.2) is 0 Å². The normalized spacial score (nSPS) is 15.6. The zero-order valence-corrected chi connectivity index (χ0v) is 23.7. The topological polar surface area (TPSA) is 124 Å². The number of nitrogens with zero attached hydrogens (tertiary/aromatic N) is 3. The number of carboxylic acids is 2. The lowest BCUT2D eigenvalue weighted by Crippen LogP contribution is -2.47. The average molecular weight is 556 g/mol. The van der Waals surface area contributed by atoms with Crippen molar-refractivity contribution in [1.29, 1.82) is 0 Å². The second kappa shape index (κ2) is 11.2. The molecule has 9 nitrogen and oxygen atoms in total. The molecule has 0 spiro atoms. The van der Waals surface area contributed by atoms with Crippen LogP contribution in [0.15, 0.2) is 71.1 Å². The fraction of sp³-hybridized carbons (Fsp3) is 0.379. The zero-order valence-electron chi connectivity index (χ0n) is 23.0. The van der Waals surface area contributed by atoms with Gasteiger partial charge in [0.25, 0.3) is 5.69 Å². The first-order chi connectivity index (χ1) is 18.1. The number of nitro benzene ring substituents is 1. The molecule has 0 unspecified atom stereocenters. The number of hydrogen-bond acceptors (Lipinski definition) is 6. The Morgan fingerprint density at radius 2 is 1.56 bits per heavy atom. The summed E-state index contributed by atoms with van der Waals surface area (Å²) in [5.74, 6) is -2.72. The van der Waals surface area contributed by atoms with Gasteiger partial charge in [-0.2, -0.15) is 0 Å². The molecular weight excluding hydrogens is 522 g/mol. The number of para-hydroxylation sites is 1. The largest absolute Gasteiger partial charge is 0.478 e. The Kier molecular flexibility index (Phi) is 8.57. The molecule has 1 heterocycles. The molecule has 0 aliphatic carbocycles. The van der Waals surface area contributed by atoms with Crippen LogP contribution in [0.2, 0.25) is 5.02 Å².